The summed E-state index contributed by atoms with van der Waals surface area (Å²) in [6.07, 6.45) is 3.18. The van der Waals surface area contributed by atoms with Crippen LogP contribution in [0.25, 0.3) is 12.2 Å². The molecule has 1 aliphatic rings. The van der Waals surface area contributed by atoms with E-state index in [2.05, 4.69) is 0 Å². The maximum absolute atomic E-state index is 10.4. The molecule has 0 amide bonds. The van der Waals surface area contributed by atoms with Crippen molar-refractivity contribution in [3.8, 4) is 34.5 Å². The summed E-state index contributed by atoms with van der Waals surface area (Å²) >= 11 is 0. The van der Waals surface area contributed by atoms with E-state index in [0.717, 1.165) is 16.7 Å². The third kappa shape index (κ3) is 4.09. The highest BCUT2D eigenvalue weighted by atomic mass is 16.5. The van der Waals surface area contributed by atoms with Crippen LogP contribution < -0.4 is 4.74 Å². The molecule has 2 atom stereocenters. The molecule has 0 unspecified atom stereocenters. The van der Waals surface area contributed by atoms with Crippen molar-refractivity contribution >= 4 is 12.2 Å². The molecule has 4 aromatic carbocycles. The Morgan fingerprint density at radius 3 is 1.79 bits per heavy atom. The number of phenolic OH excluding ortho intramolecular Hbond substituents is 5. The fourth-order valence-electron chi connectivity index (χ4n) is 4.39. The first kappa shape index (κ1) is 21.3. The topological polar surface area (TPSA) is 110 Å². The largest absolute Gasteiger partial charge is 0.508 e. The lowest BCUT2D eigenvalue weighted by Crippen LogP contribution is -2.11. The molecule has 6 heteroatoms. The zero-order valence-electron chi connectivity index (χ0n) is 18.0. The Balaban J connectivity index is 1.67. The van der Waals surface area contributed by atoms with E-state index in [0.29, 0.717) is 16.9 Å². The molecule has 170 valence electrons. The highest BCUT2D eigenvalue weighted by Gasteiger charge is 2.39. The van der Waals surface area contributed by atoms with Crippen molar-refractivity contribution in [3.05, 3.63) is 107 Å². The van der Waals surface area contributed by atoms with Crippen molar-refractivity contribution < 1.29 is 30.3 Å². The molecule has 0 spiro atoms. The average Bonchev–Trinajstić information content (AvgIpc) is 3.17. The van der Waals surface area contributed by atoms with E-state index in [1.54, 1.807) is 72.8 Å². The Morgan fingerprint density at radius 2 is 1.15 bits per heavy atom. The third-order valence-corrected chi connectivity index (χ3v) is 5.88. The van der Waals surface area contributed by atoms with Gasteiger partial charge in [-0.1, -0.05) is 36.4 Å². The molecule has 1 aliphatic heterocycles. The minimum atomic E-state index is -0.528. The lowest BCUT2D eigenvalue weighted by molar-refractivity contribution is 0.221. The first-order chi connectivity index (χ1) is 16.4. The van der Waals surface area contributed by atoms with Gasteiger partial charge in [0.15, 0.2) is 0 Å². The smallest absolute Gasteiger partial charge is 0.135 e. The highest BCUT2D eigenvalue weighted by Crippen LogP contribution is 2.53. The van der Waals surface area contributed by atoms with Crippen LogP contribution in [0, 0.1) is 0 Å². The second-order valence-corrected chi connectivity index (χ2v) is 8.26. The summed E-state index contributed by atoms with van der Waals surface area (Å²) in [5, 5.41) is 50.0. The van der Waals surface area contributed by atoms with E-state index >= 15 is 0 Å². The van der Waals surface area contributed by atoms with Gasteiger partial charge in [-0.3, -0.25) is 0 Å². The van der Waals surface area contributed by atoms with Gasteiger partial charge in [-0.2, -0.15) is 0 Å². The number of phenols is 5. The van der Waals surface area contributed by atoms with E-state index in [-0.39, 0.29) is 28.7 Å². The summed E-state index contributed by atoms with van der Waals surface area (Å²) in [6.45, 7) is 0. The van der Waals surface area contributed by atoms with Crippen molar-refractivity contribution in [3.63, 3.8) is 0 Å². The third-order valence-electron chi connectivity index (χ3n) is 5.88. The number of ether oxygens (including phenoxy) is 1. The zero-order chi connectivity index (χ0) is 23.8. The molecule has 0 radical (unpaired) electrons. The van der Waals surface area contributed by atoms with E-state index in [1.807, 2.05) is 12.2 Å². The number of aromatic hydroxyl groups is 5. The van der Waals surface area contributed by atoms with E-state index < -0.39 is 12.0 Å². The van der Waals surface area contributed by atoms with Crippen molar-refractivity contribution in [2.24, 2.45) is 0 Å². The van der Waals surface area contributed by atoms with Crippen LogP contribution in [0.5, 0.6) is 34.5 Å². The lowest BCUT2D eigenvalue weighted by atomic mass is 9.82. The first-order valence-electron chi connectivity index (χ1n) is 10.7. The van der Waals surface area contributed by atoms with Crippen molar-refractivity contribution in [1.29, 1.82) is 0 Å². The maximum atomic E-state index is 10.4. The standard InChI is InChI=1S/C28H22O6/c29-20-7-2-16(3-8-20)1-4-18-11-24(33)15-25-26(18)27(19-12-22(31)14-23(32)13-19)28(34-25)17-5-9-21(30)10-6-17/h1-15,27-33H/b4-1-/t27-,28-/m0/s1. The van der Waals surface area contributed by atoms with Crippen LogP contribution in [0.4, 0.5) is 0 Å². The van der Waals surface area contributed by atoms with E-state index in [1.165, 1.54) is 6.07 Å². The molecule has 0 saturated heterocycles. The van der Waals surface area contributed by atoms with E-state index in [4.69, 9.17) is 4.74 Å². The highest BCUT2D eigenvalue weighted by molar-refractivity contribution is 5.75. The SMILES string of the molecule is Oc1ccc(/C=C\c2cc(O)cc3c2[C@H](c2cc(O)cc(O)c2)[C@H](c2ccc(O)cc2)O3)cc1. The van der Waals surface area contributed by atoms with Crippen LogP contribution in [0.1, 0.15) is 39.8 Å². The van der Waals surface area contributed by atoms with Gasteiger partial charge in [0.05, 0.1) is 5.92 Å². The average molecular weight is 454 g/mol. The van der Waals surface area contributed by atoms with Gasteiger partial charge in [-0.15, -0.1) is 0 Å². The summed E-state index contributed by atoms with van der Waals surface area (Å²) < 4.78 is 6.30. The summed E-state index contributed by atoms with van der Waals surface area (Å²) in [5.41, 5.74) is 3.78. The van der Waals surface area contributed by atoms with E-state index in [9.17, 15) is 25.5 Å². The molecule has 0 aromatic heterocycles. The Bertz CT molecular complexity index is 1350. The Kier molecular flexibility index (Phi) is 5.26. The second kappa shape index (κ2) is 8.41. The molecule has 5 rings (SSSR count). The van der Waals surface area contributed by atoms with Crippen LogP contribution >= 0.6 is 0 Å². The molecule has 1 heterocycles. The molecule has 6 nitrogen and oxygen atoms in total. The molecule has 0 saturated carbocycles. The maximum Gasteiger partial charge on any atom is 0.135 e. The zero-order valence-corrected chi connectivity index (χ0v) is 18.0. The number of fused-ring (bicyclic) bond motifs is 1. The summed E-state index contributed by atoms with van der Waals surface area (Å²) in [5.74, 6) is 0.243. The van der Waals surface area contributed by atoms with Crippen LogP contribution in [-0.2, 0) is 0 Å². The summed E-state index contributed by atoms with van der Waals surface area (Å²) in [4.78, 5) is 0. The van der Waals surface area contributed by atoms with Gasteiger partial charge >= 0.3 is 0 Å². The minimum Gasteiger partial charge on any atom is -0.508 e. The van der Waals surface area contributed by atoms with Gasteiger partial charge in [0.2, 0.25) is 0 Å². The predicted octanol–water partition coefficient (Wildman–Crippen LogP) is 5.65. The van der Waals surface area contributed by atoms with Crippen molar-refractivity contribution in [1.82, 2.24) is 0 Å². The van der Waals surface area contributed by atoms with Crippen LogP contribution in [0.2, 0.25) is 0 Å². The van der Waals surface area contributed by atoms with Gasteiger partial charge < -0.3 is 30.3 Å². The second-order valence-electron chi connectivity index (χ2n) is 8.26. The fraction of sp³-hybridized carbons (Fsp3) is 0.0714. The number of hydrogen-bond donors (Lipinski definition) is 5. The lowest BCUT2D eigenvalue weighted by Gasteiger charge is -2.21. The van der Waals surface area contributed by atoms with Gasteiger partial charge in [-0.05, 0) is 64.7 Å². The fourth-order valence-corrected chi connectivity index (χ4v) is 4.39. The van der Waals surface area contributed by atoms with Crippen LogP contribution in [0.15, 0.2) is 78.9 Å². The molecule has 0 bridgehead atoms. The Hall–Kier alpha value is -4.58. The molecular formula is C28H22O6. The van der Waals surface area contributed by atoms with Gasteiger partial charge in [-0.25, -0.2) is 0 Å². The summed E-state index contributed by atoms with van der Waals surface area (Å²) in [6, 6.07) is 21.0. The predicted molar refractivity (Wildman–Crippen MR) is 128 cm³/mol. The molecule has 0 fully saturated rings. The summed E-state index contributed by atoms with van der Waals surface area (Å²) in [7, 11) is 0. The normalized spacial score (nSPS) is 16.9. The van der Waals surface area contributed by atoms with Crippen LogP contribution in [-0.4, -0.2) is 25.5 Å². The number of benzene rings is 4. The molecule has 0 aliphatic carbocycles. The van der Waals surface area contributed by atoms with Gasteiger partial charge in [0.25, 0.3) is 0 Å². The van der Waals surface area contributed by atoms with Crippen molar-refractivity contribution in [2.75, 3.05) is 0 Å². The number of rotatable bonds is 4. The van der Waals surface area contributed by atoms with Gasteiger partial charge in [0.1, 0.15) is 40.6 Å². The first-order valence-corrected chi connectivity index (χ1v) is 10.7. The Labute approximate surface area is 195 Å². The molecule has 5 N–H and O–H groups in total. The quantitative estimate of drug-likeness (QED) is 0.255. The van der Waals surface area contributed by atoms with Gasteiger partial charge in [0, 0.05) is 17.7 Å². The van der Waals surface area contributed by atoms with Crippen molar-refractivity contribution in [2.45, 2.75) is 12.0 Å². The molecule has 4 aromatic rings. The minimum absolute atomic E-state index is 0.0352. The van der Waals surface area contributed by atoms with Crippen LogP contribution in [0.3, 0.4) is 0 Å². The molecule has 34 heavy (non-hydrogen) atoms. The number of hydrogen-bond acceptors (Lipinski definition) is 6. The molecular weight excluding hydrogens is 432 g/mol. The Morgan fingerprint density at radius 1 is 0.559 bits per heavy atom. The monoisotopic (exact) mass is 454 g/mol.